The molecule has 0 aromatic heterocycles. The molecule has 0 aromatic carbocycles. The molecule has 2 aliphatic carbocycles. The van der Waals surface area contributed by atoms with Gasteiger partial charge >= 0.3 is 6.03 Å². The van der Waals surface area contributed by atoms with Crippen LogP contribution in [0.25, 0.3) is 0 Å². The lowest BCUT2D eigenvalue weighted by Gasteiger charge is -2.28. The smallest absolute Gasteiger partial charge is 0.323 e. The van der Waals surface area contributed by atoms with Crippen LogP contribution in [0.15, 0.2) is 0 Å². The van der Waals surface area contributed by atoms with Crippen molar-refractivity contribution < 1.29 is 9.59 Å². The van der Waals surface area contributed by atoms with Gasteiger partial charge in [-0.25, -0.2) is 4.79 Å². The zero-order chi connectivity index (χ0) is 14.0. The first-order valence-corrected chi connectivity index (χ1v) is 8.09. The van der Waals surface area contributed by atoms with E-state index < -0.39 is 5.54 Å². The number of urea groups is 1. The van der Waals surface area contributed by atoms with Crippen molar-refractivity contribution in [1.82, 2.24) is 15.5 Å². The van der Waals surface area contributed by atoms with Crippen LogP contribution in [0, 0.1) is 0 Å². The van der Waals surface area contributed by atoms with E-state index in [0.29, 0.717) is 12.6 Å². The summed E-state index contributed by atoms with van der Waals surface area (Å²) in [6, 6.07) is 0.430. The van der Waals surface area contributed by atoms with E-state index in [9.17, 15) is 9.59 Å². The molecule has 1 aliphatic heterocycles. The minimum Gasteiger partial charge on any atom is -0.323 e. The third-order valence-electron chi connectivity index (χ3n) is 4.80. The van der Waals surface area contributed by atoms with Crippen molar-refractivity contribution >= 4 is 11.9 Å². The fourth-order valence-electron chi connectivity index (χ4n) is 3.39. The van der Waals surface area contributed by atoms with Crippen LogP contribution in [0.5, 0.6) is 0 Å². The number of imide groups is 1. The molecule has 3 rings (SSSR count). The Morgan fingerprint density at radius 3 is 2.40 bits per heavy atom. The molecular formula is C15H25N3O2. The van der Waals surface area contributed by atoms with Gasteiger partial charge in [-0.2, -0.15) is 0 Å². The van der Waals surface area contributed by atoms with Crippen LogP contribution in [-0.2, 0) is 4.79 Å². The van der Waals surface area contributed by atoms with Gasteiger partial charge in [0.1, 0.15) is 5.54 Å². The molecular weight excluding hydrogens is 254 g/mol. The number of hydrogen-bond donors (Lipinski definition) is 2. The quantitative estimate of drug-likeness (QED) is 0.771. The molecule has 1 heterocycles. The first-order chi connectivity index (χ1) is 9.71. The second kappa shape index (κ2) is 5.72. The number of nitrogens with zero attached hydrogens (tertiary/aromatic N) is 1. The summed E-state index contributed by atoms with van der Waals surface area (Å²) in [5, 5.41) is 6.36. The van der Waals surface area contributed by atoms with Gasteiger partial charge in [-0.05, 0) is 25.7 Å². The zero-order valence-electron chi connectivity index (χ0n) is 12.1. The van der Waals surface area contributed by atoms with Crippen molar-refractivity contribution in [2.45, 2.75) is 69.4 Å². The summed E-state index contributed by atoms with van der Waals surface area (Å²) in [4.78, 5) is 26.2. The van der Waals surface area contributed by atoms with E-state index in [4.69, 9.17) is 0 Å². The molecule has 0 radical (unpaired) electrons. The van der Waals surface area contributed by atoms with E-state index in [0.717, 1.165) is 32.2 Å². The molecule has 3 amide bonds. The van der Waals surface area contributed by atoms with Crippen molar-refractivity contribution in [2.75, 3.05) is 13.1 Å². The van der Waals surface area contributed by atoms with Gasteiger partial charge in [-0.1, -0.05) is 32.1 Å². The third-order valence-corrected chi connectivity index (χ3v) is 4.80. The molecule has 0 aromatic rings. The fraction of sp³-hybridized carbons (Fsp3) is 0.867. The van der Waals surface area contributed by atoms with Crippen molar-refractivity contribution in [3.8, 4) is 0 Å². The van der Waals surface area contributed by atoms with Gasteiger partial charge in [0.2, 0.25) is 0 Å². The Morgan fingerprint density at radius 2 is 1.75 bits per heavy atom. The largest absolute Gasteiger partial charge is 0.325 e. The third kappa shape index (κ3) is 2.82. The maximum absolute atomic E-state index is 12.7. The Hall–Kier alpha value is -1.10. The Bertz CT molecular complexity index is 385. The van der Waals surface area contributed by atoms with Gasteiger partial charge in [-0.3, -0.25) is 9.69 Å². The Balaban J connectivity index is 1.61. The molecule has 2 N–H and O–H groups in total. The second-order valence-corrected chi connectivity index (χ2v) is 6.47. The maximum atomic E-state index is 12.7. The van der Waals surface area contributed by atoms with Gasteiger partial charge in [0.15, 0.2) is 0 Å². The van der Waals surface area contributed by atoms with Crippen molar-refractivity contribution in [2.24, 2.45) is 0 Å². The molecule has 20 heavy (non-hydrogen) atoms. The van der Waals surface area contributed by atoms with E-state index >= 15 is 0 Å². The molecule has 0 atom stereocenters. The van der Waals surface area contributed by atoms with Gasteiger partial charge in [0, 0.05) is 19.1 Å². The first-order valence-electron chi connectivity index (χ1n) is 8.09. The zero-order valence-corrected chi connectivity index (χ0v) is 12.1. The van der Waals surface area contributed by atoms with E-state index in [1.54, 1.807) is 0 Å². The van der Waals surface area contributed by atoms with Crippen LogP contribution in [-0.4, -0.2) is 41.5 Å². The highest BCUT2D eigenvalue weighted by Crippen LogP contribution is 2.31. The normalized spacial score (nSPS) is 26.5. The van der Waals surface area contributed by atoms with Crippen LogP contribution in [0.3, 0.4) is 0 Å². The summed E-state index contributed by atoms with van der Waals surface area (Å²) < 4.78 is 0. The van der Waals surface area contributed by atoms with Gasteiger partial charge < -0.3 is 10.6 Å². The fourth-order valence-corrected chi connectivity index (χ4v) is 3.39. The summed E-state index contributed by atoms with van der Waals surface area (Å²) in [5.41, 5.74) is -0.586. The standard InChI is InChI=1S/C15H25N3O2/c19-13-15(8-4-2-1-3-5-9-15)17-14(20)18(13)11-10-16-12-6-7-12/h12,16H,1-11H2,(H,17,20). The van der Waals surface area contributed by atoms with Crippen molar-refractivity contribution in [3.05, 3.63) is 0 Å². The van der Waals surface area contributed by atoms with Crippen molar-refractivity contribution in [3.63, 3.8) is 0 Å². The van der Waals surface area contributed by atoms with E-state index in [-0.39, 0.29) is 11.9 Å². The first kappa shape index (κ1) is 13.9. The lowest BCUT2D eigenvalue weighted by atomic mass is 9.84. The van der Waals surface area contributed by atoms with Gasteiger partial charge in [0.25, 0.3) is 5.91 Å². The minimum atomic E-state index is -0.586. The van der Waals surface area contributed by atoms with Crippen LogP contribution in [0.4, 0.5) is 4.79 Å². The SMILES string of the molecule is O=C1NC2(CCCCCCC2)C(=O)N1CCNC1CC1. The van der Waals surface area contributed by atoms with Crippen LogP contribution >= 0.6 is 0 Å². The number of rotatable bonds is 4. The lowest BCUT2D eigenvalue weighted by molar-refractivity contribution is -0.132. The Morgan fingerprint density at radius 1 is 1.10 bits per heavy atom. The lowest BCUT2D eigenvalue weighted by Crippen LogP contribution is -2.47. The molecule has 3 aliphatic rings. The molecule has 5 heteroatoms. The predicted octanol–water partition coefficient (Wildman–Crippen LogP) is 1.77. The summed E-state index contributed by atoms with van der Waals surface area (Å²) in [5.74, 6) is 0.0157. The molecule has 0 unspecified atom stereocenters. The van der Waals surface area contributed by atoms with E-state index in [2.05, 4.69) is 10.6 Å². The summed E-state index contributed by atoms with van der Waals surface area (Å²) in [6.45, 7) is 1.23. The van der Waals surface area contributed by atoms with Crippen LogP contribution < -0.4 is 10.6 Å². The van der Waals surface area contributed by atoms with Crippen molar-refractivity contribution in [1.29, 1.82) is 0 Å². The predicted molar refractivity (Wildman–Crippen MR) is 76.3 cm³/mol. The monoisotopic (exact) mass is 279 g/mol. The summed E-state index contributed by atoms with van der Waals surface area (Å²) >= 11 is 0. The molecule has 3 fully saturated rings. The molecule has 112 valence electrons. The average molecular weight is 279 g/mol. The number of carbonyl (C=O) groups is 2. The Kier molecular flexibility index (Phi) is 3.96. The average Bonchev–Trinajstić information content (AvgIpc) is 3.17. The highest BCUT2D eigenvalue weighted by Gasteiger charge is 2.50. The number of amides is 3. The van der Waals surface area contributed by atoms with Crippen LogP contribution in [0.1, 0.15) is 57.8 Å². The molecule has 2 saturated carbocycles. The highest BCUT2D eigenvalue weighted by atomic mass is 16.2. The summed E-state index contributed by atoms with van der Waals surface area (Å²) in [6.07, 6.45) is 9.76. The Labute approximate surface area is 120 Å². The maximum Gasteiger partial charge on any atom is 0.325 e. The molecule has 1 spiro atoms. The number of nitrogens with one attached hydrogen (secondary N) is 2. The van der Waals surface area contributed by atoms with Gasteiger partial charge in [0.05, 0.1) is 0 Å². The summed E-state index contributed by atoms with van der Waals surface area (Å²) in [7, 11) is 0. The minimum absolute atomic E-state index is 0.0157. The number of carbonyl (C=O) groups excluding carboxylic acids is 2. The second-order valence-electron chi connectivity index (χ2n) is 6.47. The molecule has 5 nitrogen and oxygen atoms in total. The topological polar surface area (TPSA) is 61.4 Å². The van der Waals surface area contributed by atoms with Gasteiger partial charge in [-0.15, -0.1) is 0 Å². The molecule has 1 saturated heterocycles. The number of hydrogen-bond acceptors (Lipinski definition) is 3. The van der Waals surface area contributed by atoms with E-state index in [1.807, 2.05) is 0 Å². The van der Waals surface area contributed by atoms with E-state index in [1.165, 1.54) is 37.0 Å². The molecule has 0 bridgehead atoms. The van der Waals surface area contributed by atoms with Crippen LogP contribution in [0.2, 0.25) is 0 Å². The highest BCUT2D eigenvalue weighted by molar-refractivity contribution is 6.07.